The average molecular weight is 724 g/mol. The fourth-order valence-electron chi connectivity index (χ4n) is 10.8. The van der Waals surface area contributed by atoms with Gasteiger partial charge in [0.05, 0.1) is 27.5 Å². The minimum Gasteiger partial charge on any atom is -0.456 e. The maximum absolute atomic E-state index is 6.45. The van der Waals surface area contributed by atoms with E-state index < -0.39 is 5.41 Å². The fourth-order valence-corrected chi connectivity index (χ4v) is 10.8. The van der Waals surface area contributed by atoms with Gasteiger partial charge in [0, 0.05) is 27.1 Å². The summed E-state index contributed by atoms with van der Waals surface area (Å²) < 4.78 is 8.84. The third-order valence-corrected chi connectivity index (χ3v) is 13.0. The van der Waals surface area contributed by atoms with E-state index in [1.165, 1.54) is 65.7 Å². The number of hydrogen-bond acceptors (Lipinski definition) is 3. The monoisotopic (exact) mass is 723 g/mol. The summed E-state index contributed by atoms with van der Waals surface area (Å²) in [6.45, 7) is 0. The van der Waals surface area contributed by atoms with Gasteiger partial charge in [-0.05, 0) is 103 Å². The molecule has 3 aromatic heterocycles. The molecule has 0 fully saturated rings. The molecule has 4 nitrogen and oxygen atoms in total. The van der Waals surface area contributed by atoms with Gasteiger partial charge in [0.15, 0.2) is 5.82 Å². The van der Waals surface area contributed by atoms with Crippen LogP contribution in [0.4, 0.5) is 0 Å². The van der Waals surface area contributed by atoms with Crippen molar-refractivity contribution < 1.29 is 4.42 Å². The molecule has 0 N–H and O–H groups in total. The summed E-state index contributed by atoms with van der Waals surface area (Å²) in [4.78, 5) is 11.0. The van der Waals surface area contributed by atoms with Crippen LogP contribution in [0.5, 0.6) is 0 Å². The van der Waals surface area contributed by atoms with E-state index in [0.29, 0.717) is 0 Å². The summed E-state index contributed by atoms with van der Waals surface area (Å²) in [6, 6.07) is 63.9. The van der Waals surface area contributed by atoms with Crippen LogP contribution in [0.25, 0.3) is 105 Å². The number of aromatic nitrogens is 3. The van der Waals surface area contributed by atoms with Gasteiger partial charge in [-0.25, -0.2) is 9.97 Å². The summed E-state index contributed by atoms with van der Waals surface area (Å²) >= 11 is 0. The van der Waals surface area contributed by atoms with Gasteiger partial charge in [0.25, 0.3) is 0 Å². The summed E-state index contributed by atoms with van der Waals surface area (Å²) in [7, 11) is 0. The number of nitrogens with zero attached hydrogens (tertiary/aromatic N) is 3. The molecule has 0 aliphatic heterocycles. The molecule has 0 bridgehead atoms. The molecule has 12 aromatic rings. The third-order valence-electron chi connectivity index (χ3n) is 13.0. The molecular formula is C53H29N3O. The van der Waals surface area contributed by atoms with Crippen molar-refractivity contribution in [1.82, 2.24) is 14.5 Å². The van der Waals surface area contributed by atoms with Crippen LogP contribution < -0.4 is 0 Å². The van der Waals surface area contributed by atoms with Gasteiger partial charge >= 0.3 is 0 Å². The molecule has 2 aliphatic carbocycles. The van der Waals surface area contributed by atoms with E-state index in [-0.39, 0.29) is 0 Å². The van der Waals surface area contributed by atoms with Crippen LogP contribution in [-0.4, -0.2) is 14.5 Å². The lowest BCUT2D eigenvalue weighted by molar-refractivity contribution is 0.669. The molecule has 0 atom stereocenters. The van der Waals surface area contributed by atoms with Crippen molar-refractivity contribution in [3.63, 3.8) is 0 Å². The highest BCUT2D eigenvalue weighted by Gasteiger charge is 2.50. The van der Waals surface area contributed by atoms with E-state index in [1.54, 1.807) is 0 Å². The molecule has 262 valence electrons. The molecule has 2 aliphatic rings. The molecule has 0 saturated heterocycles. The smallest absolute Gasteiger partial charge is 0.165 e. The van der Waals surface area contributed by atoms with Crippen molar-refractivity contribution in [3.8, 4) is 28.2 Å². The second-order valence-corrected chi connectivity index (χ2v) is 15.6. The van der Waals surface area contributed by atoms with E-state index in [1.807, 2.05) is 12.1 Å². The molecule has 3 heterocycles. The summed E-state index contributed by atoms with van der Waals surface area (Å²) in [5, 5.41) is 9.63. The third kappa shape index (κ3) is 3.55. The number of rotatable bonds is 2. The number of benzene rings is 9. The van der Waals surface area contributed by atoms with Crippen molar-refractivity contribution >= 4 is 76.3 Å². The van der Waals surface area contributed by atoms with E-state index >= 15 is 0 Å². The predicted molar refractivity (Wildman–Crippen MR) is 232 cm³/mol. The van der Waals surface area contributed by atoms with E-state index in [9.17, 15) is 0 Å². The van der Waals surface area contributed by atoms with Crippen LogP contribution in [0.2, 0.25) is 0 Å². The van der Waals surface area contributed by atoms with Gasteiger partial charge in [0.1, 0.15) is 16.9 Å². The summed E-state index contributed by atoms with van der Waals surface area (Å²) in [5.74, 6) is 0.808. The molecule has 57 heavy (non-hydrogen) atoms. The number of hydrogen-bond donors (Lipinski definition) is 0. The van der Waals surface area contributed by atoms with Gasteiger partial charge in [-0.2, -0.15) is 0 Å². The van der Waals surface area contributed by atoms with Crippen LogP contribution in [-0.2, 0) is 5.41 Å². The van der Waals surface area contributed by atoms with E-state index in [2.05, 4.69) is 168 Å². The van der Waals surface area contributed by atoms with Gasteiger partial charge < -0.3 is 4.42 Å². The van der Waals surface area contributed by atoms with Gasteiger partial charge in [0.2, 0.25) is 0 Å². The standard InChI is InChI=1S/C53H29N3O/c1-2-13-33-30(11-1)24-28-46-48(33)36-29-32(25-27-45(36)57-46)51-52(55-42-21-8-7-20-41(42)54-51)56-43-22-10-19-40-49(43)50-44(56)26-23-31-12-9-18-39(47(31)50)53(40)37-16-5-3-14-34(37)35-15-4-6-17-38(35)53/h1-29H. The molecule has 0 amide bonds. The maximum atomic E-state index is 6.45. The van der Waals surface area contributed by atoms with Crippen molar-refractivity contribution in [2.75, 3.05) is 0 Å². The summed E-state index contributed by atoms with van der Waals surface area (Å²) in [6.07, 6.45) is 0. The molecule has 9 aromatic carbocycles. The first-order chi connectivity index (χ1) is 28.3. The first-order valence-electron chi connectivity index (χ1n) is 19.6. The molecule has 14 rings (SSSR count). The Labute approximate surface area is 325 Å². The Bertz CT molecular complexity index is 3730. The van der Waals surface area contributed by atoms with Crippen LogP contribution in [0.1, 0.15) is 22.3 Å². The lowest BCUT2D eigenvalue weighted by Crippen LogP contribution is -2.30. The normalized spacial score (nSPS) is 13.8. The number of furan rings is 1. The Hall–Kier alpha value is -7.56. The molecule has 1 spiro atoms. The highest BCUT2D eigenvalue weighted by atomic mass is 16.3. The lowest BCUT2D eigenvalue weighted by Gasteiger charge is -2.37. The molecular weight excluding hydrogens is 695 g/mol. The average Bonchev–Trinajstić information content (AvgIpc) is 3.92. The topological polar surface area (TPSA) is 43.9 Å². The Morgan fingerprint density at radius 2 is 1.05 bits per heavy atom. The number of fused-ring (bicyclic) bond motifs is 13. The Morgan fingerprint density at radius 1 is 0.421 bits per heavy atom. The van der Waals surface area contributed by atoms with Gasteiger partial charge in [-0.15, -0.1) is 0 Å². The molecule has 0 unspecified atom stereocenters. The Kier molecular flexibility index (Phi) is 5.42. The predicted octanol–water partition coefficient (Wildman–Crippen LogP) is 13.3. The molecule has 0 saturated carbocycles. The molecule has 4 heteroatoms. The van der Waals surface area contributed by atoms with Crippen molar-refractivity contribution in [2.45, 2.75) is 5.41 Å². The van der Waals surface area contributed by atoms with Crippen LogP contribution >= 0.6 is 0 Å². The number of para-hydroxylation sites is 2. The van der Waals surface area contributed by atoms with Crippen molar-refractivity contribution in [1.29, 1.82) is 0 Å². The summed E-state index contributed by atoms with van der Waals surface area (Å²) in [5.41, 5.74) is 14.9. The highest BCUT2D eigenvalue weighted by Crippen LogP contribution is 2.62. The zero-order chi connectivity index (χ0) is 37.0. The Balaban J connectivity index is 1.13. The highest BCUT2D eigenvalue weighted by molar-refractivity contribution is 6.27. The van der Waals surface area contributed by atoms with Crippen LogP contribution in [0.3, 0.4) is 0 Å². The molecule has 0 radical (unpaired) electrons. The zero-order valence-electron chi connectivity index (χ0n) is 30.5. The SMILES string of the molecule is c1ccc2c(c1)-c1ccccc1C21c2cccc3ccc4c(c23)c2c1cccc2n4-c1nc2ccccc2nc1-c1ccc2oc3ccc4ccccc4c3c2c1. The van der Waals surface area contributed by atoms with E-state index in [4.69, 9.17) is 14.4 Å². The van der Waals surface area contributed by atoms with Crippen LogP contribution in [0, 0.1) is 0 Å². The fraction of sp³-hybridized carbons (Fsp3) is 0.0189. The minimum absolute atomic E-state index is 0.478. The van der Waals surface area contributed by atoms with Gasteiger partial charge in [-0.3, -0.25) is 4.57 Å². The van der Waals surface area contributed by atoms with Gasteiger partial charge in [-0.1, -0.05) is 127 Å². The minimum atomic E-state index is -0.478. The van der Waals surface area contributed by atoms with Crippen molar-refractivity contribution in [3.05, 3.63) is 198 Å². The zero-order valence-corrected chi connectivity index (χ0v) is 30.5. The second kappa shape index (κ2) is 10.4. The lowest BCUT2D eigenvalue weighted by atomic mass is 9.63. The first kappa shape index (κ1) is 29.8. The Morgan fingerprint density at radius 3 is 1.89 bits per heavy atom. The van der Waals surface area contributed by atoms with Crippen LogP contribution in [0.15, 0.2) is 180 Å². The largest absolute Gasteiger partial charge is 0.456 e. The van der Waals surface area contributed by atoms with Crippen molar-refractivity contribution in [2.24, 2.45) is 0 Å². The van der Waals surface area contributed by atoms with E-state index in [0.717, 1.165) is 61.1 Å². The second-order valence-electron chi connectivity index (χ2n) is 15.6. The quantitative estimate of drug-likeness (QED) is 0.178. The first-order valence-corrected chi connectivity index (χ1v) is 19.6. The maximum Gasteiger partial charge on any atom is 0.165 e.